The van der Waals surface area contributed by atoms with E-state index in [1.807, 2.05) is 6.34 Å². The fraction of sp³-hybridized carbons (Fsp3) is 0.500. The zero-order valence-electron chi connectivity index (χ0n) is 11.4. The lowest BCUT2D eigenvalue weighted by Gasteiger charge is -2.19. The molecule has 0 spiro atoms. The Morgan fingerprint density at radius 3 is 2.67 bits per heavy atom. The molecule has 1 aliphatic rings. The molecule has 1 fully saturated rings. The maximum absolute atomic E-state index is 4.54. The Kier molecular flexibility index (Phi) is 4.66. The van der Waals surface area contributed by atoms with Crippen molar-refractivity contribution in [3.63, 3.8) is 0 Å². The third kappa shape index (κ3) is 3.75. The summed E-state index contributed by atoms with van der Waals surface area (Å²) in [6, 6.07) is 6.35. The lowest BCUT2D eigenvalue weighted by Crippen LogP contribution is -2.18. The topological polar surface area (TPSA) is 18.8 Å². The molecule has 2 rings (SSSR count). The lowest BCUT2D eigenvalue weighted by molar-refractivity contribution is 0.567. The van der Waals surface area contributed by atoms with Gasteiger partial charge in [0.25, 0.3) is 0 Å². The molecule has 0 aliphatic carbocycles. The zero-order valence-corrected chi connectivity index (χ0v) is 12.2. The van der Waals surface area contributed by atoms with E-state index in [2.05, 4.69) is 52.7 Å². The van der Waals surface area contributed by atoms with E-state index in [1.165, 1.54) is 37.1 Å². The maximum atomic E-state index is 4.54. The summed E-state index contributed by atoms with van der Waals surface area (Å²) in [7, 11) is 2.05. The monoisotopic (exact) mass is 263 g/mol. The normalized spacial score (nSPS) is 16.6. The van der Waals surface area contributed by atoms with Crippen LogP contribution in [0.4, 0.5) is 5.69 Å². The fourth-order valence-electron chi connectivity index (χ4n) is 2.07. The number of aryl methyl sites for hydroxylation is 2. The van der Waals surface area contributed by atoms with Gasteiger partial charge in [-0.3, -0.25) is 4.31 Å². The predicted molar refractivity (Wildman–Crippen MR) is 80.2 cm³/mol. The molecule has 3 nitrogen and oxygen atoms in total. The summed E-state index contributed by atoms with van der Waals surface area (Å²) in [4.78, 5) is 4.54. The van der Waals surface area contributed by atoms with E-state index in [0.29, 0.717) is 0 Å². The highest BCUT2D eigenvalue weighted by molar-refractivity contribution is 7.95. The molecule has 0 radical (unpaired) electrons. The number of benzene rings is 1. The lowest BCUT2D eigenvalue weighted by atomic mass is 10.1. The quantitative estimate of drug-likeness (QED) is 0.470. The molecule has 0 atom stereocenters. The number of aliphatic imine (C=N–C) groups is 1. The van der Waals surface area contributed by atoms with Crippen LogP contribution in [0.15, 0.2) is 23.2 Å². The number of hydrogen-bond donors (Lipinski definition) is 0. The van der Waals surface area contributed by atoms with Crippen molar-refractivity contribution in [3.8, 4) is 0 Å². The standard InChI is InChI=1S/C14H21N3S/c1-12-6-7-14(13(2)10-12)15-11-16(3)18-17-8-4-5-9-17/h6-7,10-11H,4-5,8-9H2,1-3H3. The summed E-state index contributed by atoms with van der Waals surface area (Å²) >= 11 is 1.75. The van der Waals surface area contributed by atoms with E-state index >= 15 is 0 Å². The first-order chi connectivity index (χ1) is 8.65. The summed E-state index contributed by atoms with van der Waals surface area (Å²) in [6.45, 7) is 6.59. The van der Waals surface area contributed by atoms with E-state index < -0.39 is 0 Å². The van der Waals surface area contributed by atoms with Gasteiger partial charge in [0.2, 0.25) is 0 Å². The van der Waals surface area contributed by atoms with Gasteiger partial charge < -0.3 is 0 Å². The van der Waals surface area contributed by atoms with Gasteiger partial charge in [-0.05, 0) is 38.3 Å². The molecule has 1 aromatic rings. The summed E-state index contributed by atoms with van der Waals surface area (Å²) in [5, 5.41) is 0. The second kappa shape index (κ2) is 6.25. The molecule has 4 heteroatoms. The minimum absolute atomic E-state index is 1.05. The average Bonchev–Trinajstić information content (AvgIpc) is 2.80. The number of hydrogen-bond acceptors (Lipinski definition) is 3. The first kappa shape index (κ1) is 13.4. The summed E-state index contributed by atoms with van der Waals surface area (Å²) in [5.41, 5.74) is 3.56. The van der Waals surface area contributed by atoms with Crippen LogP contribution >= 0.6 is 12.1 Å². The van der Waals surface area contributed by atoms with Gasteiger partial charge in [-0.1, -0.05) is 17.7 Å². The predicted octanol–water partition coefficient (Wildman–Crippen LogP) is 3.55. The molecule has 1 saturated heterocycles. The highest BCUT2D eigenvalue weighted by Gasteiger charge is 2.13. The molecule has 98 valence electrons. The van der Waals surface area contributed by atoms with Crippen molar-refractivity contribution in [3.05, 3.63) is 29.3 Å². The molecule has 1 aliphatic heterocycles. The largest absolute Gasteiger partial charge is 0.297 e. The molecular weight excluding hydrogens is 242 g/mol. The fourth-order valence-corrected chi connectivity index (χ4v) is 2.94. The molecule has 0 aromatic heterocycles. The second-order valence-electron chi connectivity index (χ2n) is 4.80. The van der Waals surface area contributed by atoms with Crippen molar-refractivity contribution in [1.82, 2.24) is 8.61 Å². The molecule has 0 unspecified atom stereocenters. The molecule has 0 saturated carbocycles. The van der Waals surface area contributed by atoms with Gasteiger partial charge in [0.15, 0.2) is 0 Å². The van der Waals surface area contributed by atoms with Crippen molar-refractivity contribution < 1.29 is 0 Å². The van der Waals surface area contributed by atoms with Crippen molar-refractivity contribution in [1.29, 1.82) is 0 Å². The molecule has 1 aromatic carbocycles. The molecule has 0 amide bonds. The van der Waals surface area contributed by atoms with Crippen molar-refractivity contribution >= 4 is 24.2 Å². The Hall–Kier alpha value is -1.00. The minimum atomic E-state index is 1.05. The Morgan fingerprint density at radius 1 is 1.28 bits per heavy atom. The van der Waals surface area contributed by atoms with Crippen LogP contribution in [0.3, 0.4) is 0 Å². The van der Waals surface area contributed by atoms with Crippen LogP contribution in [0, 0.1) is 13.8 Å². The van der Waals surface area contributed by atoms with Crippen LogP contribution in [-0.2, 0) is 0 Å². The highest BCUT2D eigenvalue weighted by atomic mass is 32.2. The van der Waals surface area contributed by atoms with Gasteiger partial charge in [0, 0.05) is 32.3 Å². The summed E-state index contributed by atoms with van der Waals surface area (Å²) in [6.07, 6.45) is 4.53. The van der Waals surface area contributed by atoms with E-state index in [1.54, 1.807) is 12.1 Å². The summed E-state index contributed by atoms with van der Waals surface area (Å²) < 4.78 is 4.46. The van der Waals surface area contributed by atoms with E-state index in [-0.39, 0.29) is 0 Å². The molecule has 18 heavy (non-hydrogen) atoms. The van der Waals surface area contributed by atoms with Gasteiger partial charge >= 0.3 is 0 Å². The number of nitrogens with zero attached hydrogens (tertiary/aromatic N) is 3. The van der Waals surface area contributed by atoms with Crippen LogP contribution in [0.25, 0.3) is 0 Å². The van der Waals surface area contributed by atoms with Crippen molar-refractivity contribution in [2.45, 2.75) is 26.7 Å². The first-order valence-corrected chi connectivity index (χ1v) is 7.15. The Morgan fingerprint density at radius 2 is 2.00 bits per heavy atom. The van der Waals surface area contributed by atoms with Gasteiger partial charge in [-0.15, -0.1) is 0 Å². The third-order valence-electron chi connectivity index (χ3n) is 3.02. The molecule has 0 bridgehead atoms. The zero-order chi connectivity index (χ0) is 13.0. The van der Waals surface area contributed by atoms with Gasteiger partial charge in [-0.25, -0.2) is 9.30 Å². The third-order valence-corrected chi connectivity index (χ3v) is 3.97. The smallest absolute Gasteiger partial charge is 0.102 e. The van der Waals surface area contributed by atoms with Gasteiger partial charge in [0.1, 0.15) is 6.34 Å². The molecular formula is C14H21N3S. The van der Waals surface area contributed by atoms with Crippen LogP contribution in [0.5, 0.6) is 0 Å². The van der Waals surface area contributed by atoms with Gasteiger partial charge in [-0.2, -0.15) is 0 Å². The van der Waals surface area contributed by atoms with Crippen LogP contribution in [0.1, 0.15) is 24.0 Å². The summed E-state index contributed by atoms with van der Waals surface area (Å²) in [5.74, 6) is 0. The highest BCUT2D eigenvalue weighted by Crippen LogP contribution is 2.22. The van der Waals surface area contributed by atoms with Crippen molar-refractivity contribution in [2.24, 2.45) is 4.99 Å². The van der Waals surface area contributed by atoms with Crippen LogP contribution in [0.2, 0.25) is 0 Å². The Balaban J connectivity index is 1.92. The number of rotatable bonds is 4. The minimum Gasteiger partial charge on any atom is -0.297 e. The maximum Gasteiger partial charge on any atom is 0.102 e. The average molecular weight is 263 g/mol. The Labute approximate surface area is 114 Å². The van der Waals surface area contributed by atoms with E-state index in [0.717, 1.165) is 5.69 Å². The van der Waals surface area contributed by atoms with E-state index in [9.17, 15) is 0 Å². The molecule has 0 N–H and O–H groups in total. The van der Waals surface area contributed by atoms with Crippen LogP contribution < -0.4 is 0 Å². The first-order valence-electron chi connectivity index (χ1n) is 6.42. The van der Waals surface area contributed by atoms with Gasteiger partial charge in [0.05, 0.1) is 5.69 Å². The SMILES string of the molecule is Cc1ccc(N=CN(C)SN2CCCC2)c(C)c1. The second-order valence-corrected chi connectivity index (χ2v) is 6.05. The van der Waals surface area contributed by atoms with E-state index in [4.69, 9.17) is 0 Å². The Bertz CT molecular complexity index is 425. The molecule has 1 heterocycles. The van der Waals surface area contributed by atoms with Crippen molar-refractivity contribution in [2.75, 3.05) is 20.1 Å². The van der Waals surface area contributed by atoms with Crippen LogP contribution in [-0.4, -0.2) is 35.1 Å².